The van der Waals surface area contributed by atoms with Crippen LogP contribution in [0.15, 0.2) is 35.3 Å². The van der Waals surface area contributed by atoms with Gasteiger partial charge in [0, 0.05) is 11.1 Å². The van der Waals surface area contributed by atoms with E-state index in [1.54, 1.807) is 0 Å². The second-order valence-corrected chi connectivity index (χ2v) is 5.73. The van der Waals surface area contributed by atoms with Gasteiger partial charge in [-0.15, -0.1) is 0 Å². The molecule has 0 N–H and O–H groups in total. The highest BCUT2D eigenvalue weighted by atomic mass is 32.1. The normalized spacial score (nSPS) is 11.9. The van der Waals surface area contributed by atoms with Crippen LogP contribution in [0, 0.1) is 5.41 Å². The van der Waals surface area contributed by atoms with Crippen molar-refractivity contribution >= 4 is 23.3 Å². The Kier molecular flexibility index (Phi) is 4.81. The number of nitrogens with zero attached hydrogens (tertiary/aromatic N) is 1. The van der Waals surface area contributed by atoms with Crippen LogP contribution in [0.3, 0.4) is 0 Å². The molecule has 0 aromatic heterocycles. The molecule has 1 nitrogen and oxygen atoms in total. The van der Waals surface area contributed by atoms with Crippen molar-refractivity contribution in [3.05, 3.63) is 35.9 Å². The molecular weight excluding hydrogens is 214 g/mol. The number of hydrogen-bond acceptors (Lipinski definition) is 2. The van der Waals surface area contributed by atoms with Gasteiger partial charge in [0.2, 0.25) is 0 Å². The Labute approximate surface area is 104 Å². The van der Waals surface area contributed by atoms with Gasteiger partial charge >= 0.3 is 0 Å². The maximum Gasteiger partial charge on any atom is 0.0702 e. The fraction of sp³-hybridized carbons (Fsp3) is 0.429. The molecule has 0 aliphatic rings. The van der Waals surface area contributed by atoms with Crippen molar-refractivity contribution in [1.29, 1.82) is 0 Å². The summed E-state index contributed by atoms with van der Waals surface area (Å²) in [4.78, 5) is 5.39. The Morgan fingerprint density at radius 3 is 2.44 bits per heavy atom. The number of aliphatic imine (C=N–C) groups is 1. The van der Waals surface area contributed by atoms with Crippen molar-refractivity contribution in [2.24, 2.45) is 10.4 Å². The van der Waals surface area contributed by atoms with E-state index < -0.39 is 0 Å². The third kappa shape index (κ3) is 5.76. The van der Waals surface area contributed by atoms with E-state index in [4.69, 9.17) is 12.2 Å². The second kappa shape index (κ2) is 5.90. The van der Waals surface area contributed by atoms with E-state index in [1.807, 2.05) is 36.5 Å². The number of benzene rings is 1. The van der Waals surface area contributed by atoms with Gasteiger partial charge in [0.05, 0.1) is 6.54 Å². The third-order valence-corrected chi connectivity index (χ3v) is 2.31. The Morgan fingerprint density at radius 1 is 1.25 bits per heavy atom. The summed E-state index contributed by atoms with van der Waals surface area (Å²) in [5, 5.41) is 0. The third-order valence-electron chi connectivity index (χ3n) is 2.04. The van der Waals surface area contributed by atoms with Crippen molar-refractivity contribution in [2.75, 3.05) is 6.54 Å². The summed E-state index contributed by atoms with van der Waals surface area (Å²) in [7, 11) is 0. The molecule has 0 fully saturated rings. The molecule has 0 unspecified atom stereocenters. The van der Waals surface area contributed by atoms with E-state index in [0.717, 1.165) is 16.8 Å². The zero-order valence-corrected chi connectivity index (χ0v) is 11.1. The smallest absolute Gasteiger partial charge is 0.0702 e. The second-order valence-electron chi connectivity index (χ2n) is 5.16. The van der Waals surface area contributed by atoms with Crippen LogP contribution < -0.4 is 0 Å². The van der Waals surface area contributed by atoms with Crippen molar-refractivity contribution in [3.8, 4) is 0 Å². The molecule has 0 bridgehead atoms. The zero-order chi connectivity index (χ0) is 12.0. The summed E-state index contributed by atoms with van der Waals surface area (Å²) in [5.41, 5.74) is 1.39. The Bertz CT molecular complexity index is 360. The standard InChI is InChI=1S/C14H19NS/c1-14(2,3)9-13(16)11-15-10-12-7-5-4-6-8-12/h4-8,10H,9,11H2,1-3H3. The zero-order valence-electron chi connectivity index (χ0n) is 10.2. The molecular formula is C14H19NS. The first-order valence-corrected chi connectivity index (χ1v) is 5.95. The minimum atomic E-state index is 0.263. The van der Waals surface area contributed by atoms with Gasteiger partial charge in [-0.05, 0) is 17.4 Å². The van der Waals surface area contributed by atoms with Crippen LogP contribution >= 0.6 is 12.2 Å². The van der Waals surface area contributed by atoms with Crippen LogP contribution in [-0.2, 0) is 0 Å². The fourth-order valence-corrected chi connectivity index (χ4v) is 1.95. The summed E-state index contributed by atoms with van der Waals surface area (Å²) < 4.78 is 0. The first kappa shape index (κ1) is 13.0. The van der Waals surface area contributed by atoms with Gasteiger partial charge in [-0.2, -0.15) is 0 Å². The monoisotopic (exact) mass is 233 g/mol. The number of thiocarbonyl (C=S) groups is 1. The summed E-state index contributed by atoms with van der Waals surface area (Å²) in [6.07, 6.45) is 2.84. The highest BCUT2D eigenvalue weighted by Gasteiger charge is 2.12. The topological polar surface area (TPSA) is 12.4 Å². The lowest BCUT2D eigenvalue weighted by Crippen LogP contribution is -2.13. The maximum atomic E-state index is 5.30. The highest BCUT2D eigenvalue weighted by molar-refractivity contribution is 7.80. The van der Waals surface area contributed by atoms with Crippen LogP contribution in [0.2, 0.25) is 0 Å². The molecule has 0 spiro atoms. The molecule has 16 heavy (non-hydrogen) atoms. The molecule has 0 radical (unpaired) electrons. The molecule has 0 saturated heterocycles. The molecule has 2 heteroatoms. The number of hydrogen-bond donors (Lipinski definition) is 0. The summed E-state index contributed by atoms with van der Waals surface area (Å²) >= 11 is 5.30. The first-order chi connectivity index (χ1) is 7.47. The molecule has 0 aliphatic heterocycles. The predicted octanol–water partition coefficient (Wildman–Crippen LogP) is 3.91. The molecule has 1 rings (SSSR count). The van der Waals surface area contributed by atoms with Gasteiger partial charge in [-0.25, -0.2) is 0 Å². The quantitative estimate of drug-likeness (QED) is 0.567. The SMILES string of the molecule is CC(C)(C)CC(=S)CN=Cc1ccccc1. The lowest BCUT2D eigenvalue weighted by atomic mass is 9.90. The largest absolute Gasteiger partial charge is 0.287 e. The molecule has 86 valence electrons. The van der Waals surface area contributed by atoms with Crippen LogP contribution in [0.5, 0.6) is 0 Å². The molecule has 0 amide bonds. The van der Waals surface area contributed by atoms with Crippen molar-refractivity contribution in [3.63, 3.8) is 0 Å². The van der Waals surface area contributed by atoms with Gasteiger partial charge < -0.3 is 0 Å². The molecule has 1 aromatic rings. The van der Waals surface area contributed by atoms with Crippen molar-refractivity contribution < 1.29 is 0 Å². The predicted molar refractivity (Wildman–Crippen MR) is 75.6 cm³/mol. The molecule has 0 atom stereocenters. The molecule has 0 aliphatic carbocycles. The van der Waals surface area contributed by atoms with Gasteiger partial charge in [0.1, 0.15) is 0 Å². The van der Waals surface area contributed by atoms with Gasteiger partial charge in [-0.3, -0.25) is 4.99 Å². The minimum Gasteiger partial charge on any atom is -0.287 e. The van der Waals surface area contributed by atoms with Crippen molar-refractivity contribution in [2.45, 2.75) is 27.2 Å². The fourth-order valence-electron chi connectivity index (χ4n) is 1.44. The Morgan fingerprint density at radius 2 is 1.88 bits per heavy atom. The van der Waals surface area contributed by atoms with Gasteiger partial charge in [0.25, 0.3) is 0 Å². The van der Waals surface area contributed by atoms with Gasteiger partial charge in [-0.1, -0.05) is 63.3 Å². The summed E-state index contributed by atoms with van der Waals surface area (Å²) in [5.74, 6) is 0. The first-order valence-electron chi connectivity index (χ1n) is 5.54. The van der Waals surface area contributed by atoms with Crippen LogP contribution in [0.4, 0.5) is 0 Å². The van der Waals surface area contributed by atoms with E-state index >= 15 is 0 Å². The summed E-state index contributed by atoms with van der Waals surface area (Å²) in [6, 6.07) is 10.1. The van der Waals surface area contributed by atoms with E-state index in [0.29, 0.717) is 6.54 Å². The van der Waals surface area contributed by atoms with Crippen LogP contribution in [0.1, 0.15) is 32.8 Å². The lowest BCUT2D eigenvalue weighted by molar-refractivity contribution is 0.435. The summed E-state index contributed by atoms with van der Waals surface area (Å²) in [6.45, 7) is 7.24. The number of rotatable bonds is 4. The lowest BCUT2D eigenvalue weighted by Gasteiger charge is -2.17. The van der Waals surface area contributed by atoms with Crippen molar-refractivity contribution in [1.82, 2.24) is 0 Å². The van der Waals surface area contributed by atoms with E-state index in [1.165, 1.54) is 0 Å². The minimum absolute atomic E-state index is 0.263. The van der Waals surface area contributed by atoms with Crippen LogP contribution in [0.25, 0.3) is 0 Å². The van der Waals surface area contributed by atoms with E-state index in [-0.39, 0.29) is 5.41 Å². The van der Waals surface area contributed by atoms with E-state index in [2.05, 4.69) is 25.8 Å². The molecule has 1 aromatic carbocycles. The Hall–Kier alpha value is -1.02. The Balaban J connectivity index is 2.41. The maximum absolute atomic E-state index is 5.30. The molecule has 0 saturated carbocycles. The average Bonchev–Trinajstić information content (AvgIpc) is 2.16. The van der Waals surface area contributed by atoms with E-state index in [9.17, 15) is 0 Å². The average molecular weight is 233 g/mol. The molecule has 0 heterocycles. The van der Waals surface area contributed by atoms with Gasteiger partial charge in [0.15, 0.2) is 0 Å². The van der Waals surface area contributed by atoms with Crippen LogP contribution in [-0.4, -0.2) is 17.6 Å². The highest BCUT2D eigenvalue weighted by Crippen LogP contribution is 2.19.